The van der Waals surface area contributed by atoms with Gasteiger partial charge in [0.1, 0.15) is 0 Å². The zero-order chi connectivity index (χ0) is 22.3. The second-order valence-corrected chi connectivity index (χ2v) is 9.44. The number of hydrogen-bond donors (Lipinski definition) is 3. The van der Waals surface area contributed by atoms with Crippen LogP contribution in [-0.2, 0) is 6.54 Å². The van der Waals surface area contributed by atoms with Crippen LogP contribution >= 0.6 is 0 Å². The van der Waals surface area contributed by atoms with Crippen molar-refractivity contribution >= 4 is 12.0 Å². The third kappa shape index (κ3) is 6.30. The topological polar surface area (TPSA) is 61.4 Å². The van der Waals surface area contributed by atoms with Gasteiger partial charge in [-0.2, -0.15) is 0 Å². The SMILES string of the molecule is CC/C(=C\c1ccccc1)C1CC1NCC1CCC(NCc2ccc(C(=O)O)cc2)CC1. The molecular formula is C28H36N2O2. The van der Waals surface area contributed by atoms with Crippen LogP contribution in [-0.4, -0.2) is 29.7 Å². The Morgan fingerprint density at radius 3 is 2.38 bits per heavy atom. The van der Waals surface area contributed by atoms with Crippen molar-refractivity contribution in [3.05, 3.63) is 76.9 Å². The van der Waals surface area contributed by atoms with Crippen molar-refractivity contribution < 1.29 is 9.90 Å². The maximum Gasteiger partial charge on any atom is 0.335 e. The zero-order valence-corrected chi connectivity index (χ0v) is 19.1. The van der Waals surface area contributed by atoms with E-state index in [4.69, 9.17) is 5.11 Å². The van der Waals surface area contributed by atoms with Crippen LogP contribution in [0.15, 0.2) is 60.2 Å². The normalized spacial score (nSPS) is 25.5. The molecule has 0 radical (unpaired) electrons. The first-order valence-corrected chi connectivity index (χ1v) is 12.2. The highest BCUT2D eigenvalue weighted by Gasteiger charge is 2.39. The van der Waals surface area contributed by atoms with E-state index < -0.39 is 5.97 Å². The summed E-state index contributed by atoms with van der Waals surface area (Å²) in [7, 11) is 0. The number of benzene rings is 2. The monoisotopic (exact) mass is 432 g/mol. The van der Waals surface area contributed by atoms with E-state index in [1.165, 1.54) is 37.7 Å². The average Bonchev–Trinajstić information content (AvgIpc) is 3.61. The molecule has 2 fully saturated rings. The molecule has 0 aliphatic heterocycles. The van der Waals surface area contributed by atoms with Crippen molar-refractivity contribution in [1.82, 2.24) is 10.6 Å². The minimum absolute atomic E-state index is 0.348. The van der Waals surface area contributed by atoms with Crippen molar-refractivity contribution in [3.8, 4) is 0 Å². The van der Waals surface area contributed by atoms with Crippen molar-refractivity contribution in [1.29, 1.82) is 0 Å². The molecule has 0 aromatic heterocycles. The van der Waals surface area contributed by atoms with Gasteiger partial charge in [-0.1, -0.05) is 61.0 Å². The van der Waals surface area contributed by atoms with Crippen LogP contribution in [0.2, 0.25) is 0 Å². The number of aromatic carboxylic acids is 1. The molecule has 2 atom stereocenters. The Bertz CT molecular complexity index is 899. The van der Waals surface area contributed by atoms with E-state index in [1.807, 2.05) is 12.1 Å². The molecule has 2 aliphatic carbocycles. The molecule has 0 saturated heterocycles. The van der Waals surface area contributed by atoms with Gasteiger partial charge in [0.2, 0.25) is 0 Å². The van der Waals surface area contributed by atoms with Gasteiger partial charge in [-0.15, -0.1) is 0 Å². The van der Waals surface area contributed by atoms with Gasteiger partial charge in [0, 0.05) is 18.6 Å². The Labute approximate surface area is 192 Å². The van der Waals surface area contributed by atoms with E-state index in [1.54, 1.807) is 17.7 Å². The lowest BCUT2D eigenvalue weighted by Crippen LogP contribution is -2.36. The number of carboxylic acid groups (broad SMARTS) is 1. The molecule has 0 spiro atoms. The van der Waals surface area contributed by atoms with E-state index in [2.05, 4.69) is 54.0 Å². The minimum Gasteiger partial charge on any atom is -0.478 e. The molecule has 2 aromatic carbocycles. The number of carboxylic acids is 1. The molecule has 3 N–H and O–H groups in total. The van der Waals surface area contributed by atoms with Gasteiger partial charge < -0.3 is 15.7 Å². The maximum atomic E-state index is 11.0. The Morgan fingerprint density at radius 1 is 1.00 bits per heavy atom. The first-order chi connectivity index (χ1) is 15.6. The predicted octanol–water partition coefficient (Wildman–Crippen LogP) is 5.50. The molecule has 170 valence electrons. The molecule has 32 heavy (non-hydrogen) atoms. The molecule has 0 amide bonds. The number of rotatable bonds is 10. The Balaban J connectivity index is 1.14. The van der Waals surface area contributed by atoms with Gasteiger partial charge in [-0.25, -0.2) is 4.79 Å². The quantitative estimate of drug-likeness (QED) is 0.464. The molecule has 0 heterocycles. The smallest absolute Gasteiger partial charge is 0.335 e. The summed E-state index contributed by atoms with van der Waals surface area (Å²) in [6.07, 6.45) is 9.81. The Kier molecular flexibility index (Phi) is 7.77. The second kappa shape index (κ2) is 10.9. The molecule has 2 unspecified atom stereocenters. The highest BCUT2D eigenvalue weighted by Crippen LogP contribution is 2.40. The summed E-state index contributed by atoms with van der Waals surface area (Å²) in [5.41, 5.74) is 4.40. The molecule has 2 aliphatic rings. The van der Waals surface area contributed by atoms with Gasteiger partial charge >= 0.3 is 5.97 Å². The van der Waals surface area contributed by atoms with E-state index in [0.717, 1.165) is 31.0 Å². The lowest BCUT2D eigenvalue weighted by Gasteiger charge is -2.29. The minimum atomic E-state index is -0.868. The van der Waals surface area contributed by atoms with E-state index in [9.17, 15) is 4.79 Å². The standard InChI is InChI=1S/C28H36N2O2/c1-2-23(16-20-6-4-3-5-7-20)26-17-27(26)30-19-22-10-14-25(15-11-22)29-18-21-8-12-24(13-9-21)28(31)32/h3-9,12-13,16,22,25-27,29-30H,2,10-11,14-15,17-19H2,1H3,(H,31,32)/b23-16+. The van der Waals surface area contributed by atoms with Crippen LogP contribution in [0.5, 0.6) is 0 Å². The highest BCUT2D eigenvalue weighted by molar-refractivity contribution is 5.87. The van der Waals surface area contributed by atoms with Gasteiger partial charge in [0.15, 0.2) is 0 Å². The molecular weight excluding hydrogens is 396 g/mol. The third-order valence-corrected chi connectivity index (χ3v) is 7.14. The summed E-state index contributed by atoms with van der Waals surface area (Å²) >= 11 is 0. The average molecular weight is 433 g/mol. The van der Waals surface area contributed by atoms with Crippen molar-refractivity contribution in [3.63, 3.8) is 0 Å². The summed E-state index contributed by atoms with van der Waals surface area (Å²) in [5.74, 6) is 0.630. The van der Waals surface area contributed by atoms with Gasteiger partial charge in [0.05, 0.1) is 5.56 Å². The van der Waals surface area contributed by atoms with Crippen molar-refractivity contribution in [2.24, 2.45) is 11.8 Å². The molecule has 0 bridgehead atoms. The molecule has 4 heteroatoms. The molecule has 4 nitrogen and oxygen atoms in total. The number of hydrogen-bond acceptors (Lipinski definition) is 3. The number of carbonyl (C=O) groups is 1. The van der Waals surface area contributed by atoms with Crippen LogP contribution in [0.4, 0.5) is 0 Å². The van der Waals surface area contributed by atoms with Crippen molar-refractivity contribution in [2.45, 2.75) is 64.1 Å². The van der Waals surface area contributed by atoms with Crippen LogP contribution in [0, 0.1) is 11.8 Å². The molecule has 2 saturated carbocycles. The largest absolute Gasteiger partial charge is 0.478 e. The van der Waals surface area contributed by atoms with Gasteiger partial charge in [-0.3, -0.25) is 0 Å². The van der Waals surface area contributed by atoms with Crippen molar-refractivity contribution in [2.75, 3.05) is 6.54 Å². The number of nitrogens with one attached hydrogen (secondary N) is 2. The lowest BCUT2D eigenvalue weighted by molar-refractivity contribution is 0.0697. The summed E-state index contributed by atoms with van der Waals surface area (Å²) in [4.78, 5) is 11.0. The molecule has 4 rings (SSSR count). The fourth-order valence-corrected chi connectivity index (χ4v) is 4.98. The van der Waals surface area contributed by atoms with Gasteiger partial charge in [0.25, 0.3) is 0 Å². The second-order valence-electron chi connectivity index (χ2n) is 9.44. The Hall–Kier alpha value is -2.43. The lowest BCUT2D eigenvalue weighted by atomic mass is 9.86. The van der Waals surface area contributed by atoms with Gasteiger partial charge in [-0.05, 0) is 80.2 Å². The van der Waals surface area contributed by atoms with E-state index in [0.29, 0.717) is 23.6 Å². The fraction of sp³-hybridized carbons (Fsp3) is 0.464. The van der Waals surface area contributed by atoms with Crippen LogP contribution in [0.25, 0.3) is 6.08 Å². The summed E-state index contributed by atoms with van der Waals surface area (Å²) in [6, 6.07) is 19.1. The Morgan fingerprint density at radius 2 is 1.72 bits per heavy atom. The van der Waals surface area contributed by atoms with Crippen LogP contribution < -0.4 is 10.6 Å². The van der Waals surface area contributed by atoms with Crippen LogP contribution in [0.1, 0.15) is 66.9 Å². The third-order valence-electron chi connectivity index (χ3n) is 7.14. The van der Waals surface area contributed by atoms with E-state index >= 15 is 0 Å². The first-order valence-electron chi connectivity index (χ1n) is 12.2. The zero-order valence-electron chi connectivity index (χ0n) is 19.1. The predicted molar refractivity (Wildman–Crippen MR) is 131 cm³/mol. The highest BCUT2D eigenvalue weighted by atomic mass is 16.4. The molecule has 2 aromatic rings. The summed E-state index contributed by atoms with van der Waals surface area (Å²) in [6.45, 7) is 4.23. The van der Waals surface area contributed by atoms with Crippen LogP contribution in [0.3, 0.4) is 0 Å². The summed E-state index contributed by atoms with van der Waals surface area (Å²) in [5, 5.41) is 16.5. The summed E-state index contributed by atoms with van der Waals surface area (Å²) < 4.78 is 0. The maximum absolute atomic E-state index is 11.0. The fourth-order valence-electron chi connectivity index (χ4n) is 4.98. The van der Waals surface area contributed by atoms with E-state index in [-0.39, 0.29) is 0 Å². The first kappa shape index (κ1) is 22.8.